The van der Waals surface area contributed by atoms with Gasteiger partial charge in [0, 0.05) is 37.3 Å². The summed E-state index contributed by atoms with van der Waals surface area (Å²) in [6, 6.07) is 9.93. The first-order valence-electron chi connectivity index (χ1n) is 9.83. The number of rotatable bonds is 4. The van der Waals surface area contributed by atoms with Gasteiger partial charge >= 0.3 is 0 Å². The van der Waals surface area contributed by atoms with E-state index in [4.69, 9.17) is 5.73 Å². The maximum atomic E-state index is 12.9. The third kappa shape index (κ3) is 3.11. The van der Waals surface area contributed by atoms with Crippen LogP contribution in [0.25, 0.3) is 10.9 Å². The van der Waals surface area contributed by atoms with Crippen molar-refractivity contribution in [1.82, 2.24) is 14.8 Å². The number of hydrogen-bond acceptors (Lipinski definition) is 5. The largest absolute Gasteiger partial charge is 0.355 e. The Kier molecular flexibility index (Phi) is 4.05. The van der Waals surface area contributed by atoms with Crippen LogP contribution in [-0.2, 0) is 7.05 Å². The highest BCUT2D eigenvalue weighted by atomic mass is 16.1. The number of benzene rings is 1. The summed E-state index contributed by atoms with van der Waals surface area (Å²) in [5, 5.41) is 8.45. The predicted molar refractivity (Wildman–Crippen MR) is 110 cm³/mol. The molecule has 0 bridgehead atoms. The normalized spacial score (nSPS) is 19.4. The van der Waals surface area contributed by atoms with Gasteiger partial charge in [0.05, 0.1) is 11.7 Å². The van der Waals surface area contributed by atoms with Crippen molar-refractivity contribution in [1.29, 1.82) is 0 Å². The molecular formula is C21H24N6O. The molecule has 7 heteroatoms. The summed E-state index contributed by atoms with van der Waals surface area (Å²) in [6.07, 6.45) is 5.11. The van der Waals surface area contributed by atoms with E-state index in [1.165, 1.54) is 5.56 Å². The first-order valence-corrected chi connectivity index (χ1v) is 9.83. The lowest BCUT2D eigenvalue weighted by molar-refractivity contribution is 0.102. The zero-order valence-corrected chi connectivity index (χ0v) is 15.9. The van der Waals surface area contributed by atoms with Gasteiger partial charge in [0.25, 0.3) is 5.91 Å². The van der Waals surface area contributed by atoms with Crippen LogP contribution in [-0.4, -0.2) is 39.8 Å². The number of carbonyl (C=O) groups is 1. The molecule has 3 heterocycles. The molecule has 5 rings (SSSR count). The lowest BCUT2D eigenvalue weighted by Crippen LogP contribution is -2.27. The Morgan fingerprint density at radius 3 is 2.86 bits per heavy atom. The monoisotopic (exact) mass is 376 g/mol. The fourth-order valence-corrected chi connectivity index (χ4v) is 3.96. The molecule has 1 aliphatic heterocycles. The van der Waals surface area contributed by atoms with Gasteiger partial charge in [-0.2, -0.15) is 5.10 Å². The number of carbonyl (C=O) groups excluding carboxylic acids is 1. The quantitative estimate of drug-likeness (QED) is 0.731. The van der Waals surface area contributed by atoms with Crippen LogP contribution in [0.4, 0.5) is 11.5 Å². The molecule has 2 aromatic heterocycles. The van der Waals surface area contributed by atoms with E-state index < -0.39 is 0 Å². The molecule has 1 atom stereocenters. The molecule has 1 aliphatic carbocycles. The fourth-order valence-electron chi connectivity index (χ4n) is 3.96. The predicted octanol–water partition coefficient (Wildman–Crippen LogP) is 2.64. The Morgan fingerprint density at radius 1 is 1.25 bits per heavy atom. The van der Waals surface area contributed by atoms with Gasteiger partial charge in [-0.1, -0.05) is 6.07 Å². The van der Waals surface area contributed by atoms with Crippen molar-refractivity contribution in [3.63, 3.8) is 0 Å². The van der Waals surface area contributed by atoms with Crippen molar-refractivity contribution >= 4 is 28.3 Å². The summed E-state index contributed by atoms with van der Waals surface area (Å²) < 4.78 is 1.87. The van der Waals surface area contributed by atoms with Crippen molar-refractivity contribution < 1.29 is 4.79 Å². The summed E-state index contributed by atoms with van der Waals surface area (Å²) in [4.78, 5) is 19.7. The van der Waals surface area contributed by atoms with Crippen molar-refractivity contribution in [2.24, 2.45) is 12.8 Å². The molecule has 7 nitrogen and oxygen atoms in total. The van der Waals surface area contributed by atoms with Gasteiger partial charge in [0.15, 0.2) is 0 Å². The van der Waals surface area contributed by atoms with Crippen LogP contribution < -0.4 is 16.0 Å². The van der Waals surface area contributed by atoms with E-state index >= 15 is 0 Å². The van der Waals surface area contributed by atoms with Gasteiger partial charge in [-0.3, -0.25) is 9.48 Å². The molecule has 3 N–H and O–H groups in total. The molecule has 2 aliphatic rings. The van der Waals surface area contributed by atoms with Gasteiger partial charge in [0.1, 0.15) is 11.5 Å². The van der Waals surface area contributed by atoms with E-state index in [-0.39, 0.29) is 11.9 Å². The zero-order valence-electron chi connectivity index (χ0n) is 15.9. The van der Waals surface area contributed by atoms with E-state index in [0.717, 1.165) is 54.8 Å². The van der Waals surface area contributed by atoms with E-state index in [0.29, 0.717) is 11.6 Å². The number of nitrogens with two attached hydrogens (primary N) is 1. The molecule has 144 valence electrons. The Morgan fingerprint density at radius 2 is 2.11 bits per heavy atom. The highest BCUT2D eigenvalue weighted by Gasteiger charge is 2.28. The van der Waals surface area contributed by atoms with Gasteiger partial charge in [0.2, 0.25) is 0 Å². The smallest absolute Gasteiger partial charge is 0.274 e. The standard InChI is InChI=1S/C21H24N6O/c1-26-19-10-16(13-5-6-13)18(9-14(19)11-23-26)25-21(28)17-3-2-4-20(24-17)27-8-7-15(22)12-27/h2-4,9-11,13,15H,5-8,12,22H2,1H3,(H,25,28)/t15-/m0/s1. The summed E-state index contributed by atoms with van der Waals surface area (Å²) in [5.74, 6) is 1.14. The number of anilines is 2. The Balaban J connectivity index is 1.43. The average Bonchev–Trinajstić information content (AvgIpc) is 3.36. The molecule has 0 unspecified atom stereocenters. The number of nitrogens with one attached hydrogen (secondary N) is 1. The van der Waals surface area contributed by atoms with Gasteiger partial charge in [-0.05, 0) is 55.0 Å². The summed E-state index contributed by atoms with van der Waals surface area (Å²) in [6.45, 7) is 1.66. The average molecular weight is 376 g/mol. The number of amides is 1. The fraction of sp³-hybridized carbons (Fsp3) is 0.381. The minimum absolute atomic E-state index is 0.173. The third-order valence-electron chi connectivity index (χ3n) is 5.70. The highest BCUT2D eigenvalue weighted by molar-refractivity contribution is 6.04. The summed E-state index contributed by atoms with van der Waals surface area (Å²) >= 11 is 0. The van der Waals surface area contributed by atoms with E-state index in [2.05, 4.69) is 26.4 Å². The van der Waals surface area contributed by atoms with Crippen molar-refractivity contribution in [2.75, 3.05) is 23.3 Å². The number of hydrogen-bond donors (Lipinski definition) is 2. The number of aryl methyl sites for hydroxylation is 1. The topological polar surface area (TPSA) is 89.1 Å². The Labute approximate surface area is 163 Å². The minimum Gasteiger partial charge on any atom is -0.355 e. The van der Waals surface area contributed by atoms with Crippen LogP contribution in [0.5, 0.6) is 0 Å². The zero-order chi connectivity index (χ0) is 19.3. The molecule has 28 heavy (non-hydrogen) atoms. The van der Waals surface area contributed by atoms with Gasteiger partial charge < -0.3 is 16.0 Å². The van der Waals surface area contributed by atoms with Gasteiger partial charge in [-0.15, -0.1) is 0 Å². The first-order chi connectivity index (χ1) is 13.6. The molecular weight excluding hydrogens is 352 g/mol. The second kappa shape index (κ2) is 6.60. The SMILES string of the molecule is Cn1ncc2cc(NC(=O)c3cccc(N4CC[C@H](N)C4)n3)c(C3CC3)cc21. The van der Waals surface area contributed by atoms with E-state index in [9.17, 15) is 4.79 Å². The molecule has 1 aromatic carbocycles. The van der Waals surface area contributed by atoms with Crippen LogP contribution in [0, 0.1) is 0 Å². The molecule has 3 aromatic rings. The van der Waals surface area contributed by atoms with Crippen LogP contribution in [0.2, 0.25) is 0 Å². The number of pyridine rings is 1. The molecule has 0 spiro atoms. The maximum Gasteiger partial charge on any atom is 0.274 e. The molecule has 2 fully saturated rings. The molecule has 1 saturated carbocycles. The molecule has 0 radical (unpaired) electrons. The van der Waals surface area contributed by atoms with Crippen LogP contribution in [0.15, 0.2) is 36.5 Å². The Bertz CT molecular complexity index is 1050. The minimum atomic E-state index is -0.185. The lowest BCUT2D eigenvalue weighted by atomic mass is 10.1. The number of aromatic nitrogens is 3. The van der Waals surface area contributed by atoms with Crippen LogP contribution >= 0.6 is 0 Å². The second-order valence-corrected chi connectivity index (χ2v) is 7.87. The number of nitrogens with zero attached hydrogens (tertiary/aromatic N) is 4. The Hall–Kier alpha value is -2.93. The van der Waals surface area contributed by atoms with E-state index in [1.807, 2.05) is 36.1 Å². The van der Waals surface area contributed by atoms with E-state index in [1.54, 1.807) is 6.07 Å². The maximum absolute atomic E-state index is 12.9. The number of fused-ring (bicyclic) bond motifs is 1. The van der Waals surface area contributed by atoms with Crippen molar-refractivity contribution in [2.45, 2.75) is 31.2 Å². The summed E-state index contributed by atoms with van der Waals surface area (Å²) in [5.41, 5.74) is 9.57. The first kappa shape index (κ1) is 17.2. The van der Waals surface area contributed by atoms with Gasteiger partial charge in [-0.25, -0.2) is 4.98 Å². The summed E-state index contributed by atoms with van der Waals surface area (Å²) in [7, 11) is 1.94. The van der Waals surface area contributed by atoms with Crippen molar-refractivity contribution in [3.8, 4) is 0 Å². The molecule has 1 amide bonds. The second-order valence-electron chi connectivity index (χ2n) is 7.87. The van der Waals surface area contributed by atoms with Crippen LogP contribution in [0.1, 0.15) is 41.2 Å². The molecule has 1 saturated heterocycles. The lowest BCUT2D eigenvalue weighted by Gasteiger charge is -2.17. The van der Waals surface area contributed by atoms with Crippen LogP contribution in [0.3, 0.4) is 0 Å². The third-order valence-corrected chi connectivity index (χ3v) is 5.70. The highest BCUT2D eigenvalue weighted by Crippen LogP contribution is 2.44. The van der Waals surface area contributed by atoms with Crippen molar-refractivity contribution in [3.05, 3.63) is 47.8 Å².